The molecule has 2 aromatic heterocycles. The fraction of sp³-hybridized carbons (Fsp3) is 0.240. The Morgan fingerprint density at radius 3 is 2.33 bits per heavy atom. The van der Waals surface area contributed by atoms with Crippen LogP contribution >= 0.6 is 0 Å². The van der Waals surface area contributed by atoms with Gasteiger partial charge in [0, 0.05) is 25.7 Å². The number of nitrogens with zero attached hydrogens (tertiary/aromatic N) is 4. The van der Waals surface area contributed by atoms with Crippen LogP contribution in [0.25, 0.3) is 23.3 Å². The molecule has 33 heavy (non-hydrogen) atoms. The van der Waals surface area contributed by atoms with Crippen LogP contribution in [0.5, 0.6) is 17.2 Å². The Kier molecular flexibility index (Phi) is 6.17. The molecule has 0 spiro atoms. The van der Waals surface area contributed by atoms with Gasteiger partial charge in [-0.25, -0.2) is 9.78 Å². The number of para-hydroxylation sites is 1. The molecular formula is C25H26N4O4. The summed E-state index contributed by atoms with van der Waals surface area (Å²) in [5.41, 5.74) is 0.877. The van der Waals surface area contributed by atoms with E-state index in [-0.39, 0.29) is 11.2 Å². The number of hydrogen-bond acceptors (Lipinski definition) is 5. The fourth-order valence-corrected chi connectivity index (χ4v) is 3.79. The van der Waals surface area contributed by atoms with Gasteiger partial charge in [0.15, 0.2) is 11.2 Å². The highest BCUT2D eigenvalue weighted by molar-refractivity contribution is 5.78. The lowest BCUT2D eigenvalue weighted by molar-refractivity contribution is 0.412. The Labute approximate surface area is 191 Å². The fourth-order valence-electron chi connectivity index (χ4n) is 3.79. The summed E-state index contributed by atoms with van der Waals surface area (Å²) in [5, 5.41) is 0. The summed E-state index contributed by atoms with van der Waals surface area (Å²) in [4.78, 5) is 30.2. The number of imidazole rings is 1. The Hall–Kier alpha value is -4.07. The molecule has 8 nitrogen and oxygen atoms in total. The third-order valence-corrected chi connectivity index (χ3v) is 5.50. The van der Waals surface area contributed by atoms with Gasteiger partial charge in [-0.1, -0.05) is 18.2 Å². The van der Waals surface area contributed by atoms with Crippen LogP contribution in [0.4, 0.5) is 0 Å². The molecule has 0 N–H and O–H groups in total. The highest BCUT2D eigenvalue weighted by Gasteiger charge is 2.17. The van der Waals surface area contributed by atoms with Crippen molar-refractivity contribution in [2.24, 2.45) is 7.05 Å². The number of aromatic nitrogens is 4. The first-order valence-electron chi connectivity index (χ1n) is 10.8. The Bertz CT molecular complexity index is 1450. The number of benzene rings is 2. The van der Waals surface area contributed by atoms with E-state index in [9.17, 15) is 9.59 Å². The second kappa shape index (κ2) is 9.20. The molecular weight excluding hydrogens is 420 g/mol. The highest BCUT2D eigenvalue weighted by atomic mass is 16.5. The van der Waals surface area contributed by atoms with Crippen LogP contribution in [-0.2, 0) is 20.1 Å². The quantitative estimate of drug-likeness (QED) is 0.430. The maximum atomic E-state index is 12.9. The van der Waals surface area contributed by atoms with Gasteiger partial charge in [0.25, 0.3) is 5.56 Å². The number of methoxy groups -OCH3 is 1. The van der Waals surface area contributed by atoms with Crippen LogP contribution in [0.2, 0.25) is 0 Å². The van der Waals surface area contributed by atoms with E-state index in [1.807, 2.05) is 61.5 Å². The first-order chi connectivity index (χ1) is 16.0. The second-order valence-electron chi connectivity index (χ2n) is 7.43. The molecule has 0 saturated carbocycles. The van der Waals surface area contributed by atoms with Gasteiger partial charge in [-0.15, -0.1) is 0 Å². The van der Waals surface area contributed by atoms with Gasteiger partial charge < -0.3 is 14.0 Å². The topological polar surface area (TPSA) is 80.3 Å². The summed E-state index contributed by atoms with van der Waals surface area (Å²) in [5.74, 6) is 2.62. The monoisotopic (exact) mass is 446 g/mol. The van der Waals surface area contributed by atoms with Gasteiger partial charge in [0.05, 0.1) is 7.11 Å². The molecule has 8 heteroatoms. The number of fused-ring (bicyclic) bond motifs is 1. The van der Waals surface area contributed by atoms with Gasteiger partial charge in [0.1, 0.15) is 23.1 Å². The van der Waals surface area contributed by atoms with Crippen molar-refractivity contribution in [2.75, 3.05) is 7.11 Å². The van der Waals surface area contributed by atoms with E-state index in [4.69, 9.17) is 9.47 Å². The minimum atomic E-state index is -0.349. The lowest BCUT2D eigenvalue weighted by Crippen LogP contribution is -2.39. The summed E-state index contributed by atoms with van der Waals surface area (Å²) in [7, 11) is 3.37. The zero-order chi connectivity index (χ0) is 23.5. The van der Waals surface area contributed by atoms with E-state index in [0.717, 1.165) is 11.3 Å². The molecule has 0 radical (unpaired) electrons. The molecule has 0 aliphatic rings. The number of aryl methyl sites for hydroxylation is 2. The normalized spacial score (nSPS) is 11.4. The molecule has 0 atom stereocenters. The summed E-state index contributed by atoms with van der Waals surface area (Å²) >= 11 is 0. The first kappa shape index (κ1) is 22.1. The molecule has 0 bridgehead atoms. The largest absolute Gasteiger partial charge is 0.496 e. The van der Waals surface area contributed by atoms with Crippen LogP contribution < -0.4 is 20.7 Å². The Morgan fingerprint density at radius 1 is 0.939 bits per heavy atom. The SMILES string of the molecule is CCn1c(=O)c2c(nc(/C=C/c3cc(Oc4ccccc4)ccc3OC)n2C)n(CC)c1=O. The van der Waals surface area contributed by atoms with Gasteiger partial charge in [-0.05, 0) is 56.3 Å². The van der Waals surface area contributed by atoms with Crippen molar-refractivity contribution in [3.05, 3.63) is 80.8 Å². The maximum Gasteiger partial charge on any atom is 0.332 e. The molecule has 2 heterocycles. The highest BCUT2D eigenvalue weighted by Crippen LogP contribution is 2.29. The van der Waals surface area contributed by atoms with Crippen molar-refractivity contribution in [1.82, 2.24) is 18.7 Å². The van der Waals surface area contributed by atoms with Crippen molar-refractivity contribution in [2.45, 2.75) is 26.9 Å². The lowest BCUT2D eigenvalue weighted by atomic mass is 10.1. The molecule has 0 unspecified atom stereocenters. The predicted octanol–water partition coefficient (Wildman–Crippen LogP) is 3.91. The third-order valence-electron chi connectivity index (χ3n) is 5.50. The smallest absolute Gasteiger partial charge is 0.332 e. The molecule has 0 amide bonds. The van der Waals surface area contributed by atoms with E-state index in [0.29, 0.717) is 41.6 Å². The first-order valence-corrected chi connectivity index (χ1v) is 10.8. The summed E-state index contributed by atoms with van der Waals surface area (Å²) in [6.45, 7) is 4.36. The molecule has 4 aromatic rings. The molecule has 0 aliphatic carbocycles. The van der Waals surface area contributed by atoms with E-state index in [1.165, 1.54) is 9.13 Å². The molecule has 4 rings (SSSR count). The van der Waals surface area contributed by atoms with Crippen LogP contribution in [-0.4, -0.2) is 25.8 Å². The summed E-state index contributed by atoms with van der Waals surface area (Å²) in [6.07, 6.45) is 3.65. The summed E-state index contributed by atoms with van der Waals surface area (Å²) in [6, 6.07) is 15.1. The minimum absolute atomic E-state index is 0.301. The Balaban J connectivity index is 1.77. The predicted molar refractivity (Wildman–Crippen MR) is 129 cm³/mol. The third kappa shape index (κ3) is 4.07. The molecule has 0 aliphatic heterocycles. The molecule has 0 fully saturated rings. The van der Waals surface area contributed by atoms with Crippen molar-refractivity contribution < 1.29 is 9.47 Å². The van der Waals surface area contributed by atoms with Crippen molar-refractivity contribution in [3.63, 3.8) is 0 Å². The maximum absolute atomic E-state index is 12.9. The van der Waals surface area contributed by atoms with E-state index in [2.05, 4.69) is 4.98 Å². The standard InChI is InChI=1S/C25H26N4O4/c1-5-28-23-22(24(30)29(6-2)25(28)31)27(3)21(26-23)15-12-17-16-19(13-14-20(17)32-4)33-18-10-8-7-9-11-18/h7-16H,5-6H2,1-4H3/b15-12+. The van der Waals surface area contributed by atoms with E-state index >= 15 is 0 Å². The summed E-state index contributed by atoms with van der Waals surface area (Å²) < 4.78 is 15.9. The lowest BCUT2D eigenvalue weighted by Gasteiger charge is -2.09. The van der Waals surface area contributed by atoms with E-state index in [1.54, 1.807) is 31.7 Å². The average molecular weight is 447 g/mol. The zero-order valence-corrected chi connectivity index (χ0v) is 19.1. The van der Waals surface area contributed by atoms with Crippen molar-refractivity contribution in [3.8, 4) is 17.2 Å². The average Bonchev–Trinajstić information content (AvgIpc) is 3.15. The van der Waals surface area contributed by atoms with Gasteiger partial charge in [-0.3, -0.25) is 13.9 Å². The van der Waals surface area contributed by atoms with Crippen LogP contribution in [0, 0.1) is 0 Å². The van der Waals surface area contributed by atoms with E-state index < -0.39 is 0 Å². The number of hydrogen-bond donors (Lipinski definition) is 0. The molecule has 170 valence electrons. The molecule has 0 saturated heterocycles. The van der Waals surface area contributed by atoms with Crippen molar-refractivity contribution in [1.29, 1.82) is 0 Å². The minimum Gasteiger partial charge on any atom is -0.496 e. The Morgan fingerprint density at radius 2 is 1.67 bits per heavy atom. The van der Waals surface area contributed by atoms with Gasteiger partial charge in [-0.2, -0.15) is 0 Å². The van der Waals surface area contributed by atoms with Crippen LogP contribution in [0.3, 0.4) is 0 Å². The van der Waals surface area contributed by atoms with Gasteiger partial charge >= 0.3 is 5.69 Å². The van der Waals surface area contributed by atoms with Crippen molar-refractivity contribution >= 4 is 23.3 Å². The van der Waals surface area contributed by atoms with Crippen LogP contribution in [0.1, 0.15) is 25.2 Å². The zero-order valence-electron chi connectivity index (χ0n) is 19.1. The molecule has 2 aromatic carbocycles. The van der Waals surface area contributed by atoms with Gasteiger partial charge in [0.2, 0.25) is 0 Å². The van der Waals surface area contributed by atoms with Crippen LogP contribution in [0.15, 0.2) is 58.1 Å². The number of ether oxygens (including phenoxy) is 2. The second-order valence-corrected chi connectivity index (χ2v) is 7.43. The number of rotatable bonds is 7.